The number of nitrogens with one attached hydrogen (secondary N) is 1. The van der Waals surface area contributed by atoms with Crippen LogP contribution >= 0.6 is 0 Å². The summed E-state index contributed by atoms with van der Waals surface area (Å²) in [5.41, 5.74) is 1.54. The molecule has 4 atom stereocenters. The van der Waals surface area contributed by atoms with Crippen molar-refractivity contribution in [2.75, 3.05) is 27.4 Å². The summed E-state index contributed by atoms with van der Waals surface area (Å²) in [6, 6.07) is 24.7. The van der Waals surface area contributed by atoms with Gasteiger partial charge in [0, 0.05) is 13.0 Å². The van der Waals surface area contributed by atoms with Crippen LogP contribution in [0.1, 0.15) is 30.0 Å². The number of hydrogen-bond donors (Lipinski definition) is 2. The number of hydrogen-bond acceptors (Lipinski definition) is 7. The predicted molar refractivity (Wildman–Crippen MR) is 147 cm³/mol. The monoisotopic (exact) mass is 546 g/mol. The van der Waals surface area contributed by atoms with Crippen molar-refractivity contribution < 1.29 is 33.6 Å². The van der Waals surface area contributed by atoms with Crippen molar-refractivity contribution in [3.05, 3.63) is 95.6 Å². The number of imide groups is 1. The molecule has 3 amide bonds. The van der Waals surface area contributed by atoms with E-state index in [4.69, 9.17) is 18.9 Å². The van der Waals surface area contributed by atoms with Crippen LogP contribution in [0.4, 0.5) is 4.79 Å². The topological polar surface area (TPSA) is 107 Å². The SMILES string of the molecule is COc1ccc(C(OC[C@H]2O[C@@H](N3CC(C)C(=O)NC3=O)CC2O)(c2ccccc2)c2ccc(OC)cc2)cc1. The molecule has 2 aliphatic heterocycles. The molecule has 9 heteroatoms. The molecule has 3 aromatic carbocycles. The molecule has 0 bridgehead atoms. The molecule has 210 valence electrons. The summed E-state index contributed by atoms with van der Waals surface area (Å²) in [6.07, 6.45) is -2.03. The molecule has 40 heavy (non-hydrogen) atoms. The predicted octanol–water partition coefficient (Wildman–Crippen LogP) is 3.68. The second-order valence-electron chi connectivity index (χ2n) is 10.1. The van der Waals surface area contributed by atoms with Gasteiger partial charge < -0.3 is 24.1 Å². The zero-order valence-electron chi connectivity index (χ0n) is 22.8. The fraction of sp³-hybridized carbons (Fsp3) is 0.355. The average molecular weight is 547 g/mol. The Balaban J connectivity index is 1.49. The molecule has 0 saturated carbocycles. The van der Waals surface area contributed by atoms with Crippen molar-refractivity contribution in [1.29, 1.82) is 0 Å². The lowest BCUT2D eigenvalue weighted by molar-refractivity contribution is -0.130. The molecular formula is C31H34N2O7. The van der Waals surface area contributed by atoms with Crippen LogP contribution in [0.3, 0.4) is 0 Å². The number of aliphatic hydroxyl groups excluding tert-OH is 1. The number of amides is 3. The molecule has 0 radical (unpaired) electrons. The van der Waals surface area contributed by atoms with Crippen LogP contribution in [0.15, 0.2) is 78.9 Å². The largest absolute Gasteiger partial charge is 0.497 e. The molecule has 2 fully saturated rings. The van der Waals surface area contributed by atoms with E-state index in [9.17, 15) is 14.7 Å². The quantitative estimate of drug-likeness (QED) is 0.395. The van der Waals surface area contributed by atoms with Gasteiger partial charge in [0.15, 0.2) is 0 Å². The normalized spacial score (nSPS) is 23.1. The maximum atomic E-state index is 12.5. The maximum Gasteiger partial charge on any atom is 0.326 e. The lowest BCUT2D eigenvalue weighted by Crippen LogP contribution is -2.57. The molecule has 9 nitrogen and oxygen atoms in total. The minimum Gasteiger partial charge on any atom is -0.497 e. The molecule has 2 unspecified atom stereocenters. The number of benzene rings is 3. The molecule has 2 saturated heterocycles. The Morgan fingerprint density at radius 3 is 2.00 bits per heavy atom. The van der Waals surface area contributed by atoms with Gasteiger partial charge in [0.1, 0.15) is 29.4 Å². The lowest BCUT2D eigenvalue weighted by atomic mass is 9.80. The van der Waals surface area contributed by atoms with Gasteiger partial charge in [-0.15, -0.1) is 0 Å². The molecular weight excluding hydrogens is 512 g/mol. The molecule has 0 aromatic heterocycles. The average Bonchev–Trinajstić information content (AvgIpc) is 3.36. The summed E-state index contributed by atoms with van der Waals surface area (Å²) < 4.78 is 23.8. The minimum atomic E-state index is -1.07. The Morgan fingerprint density at radius 2 is 1.45 bits per heavy atom. The van der Waals surface area contributed by atoms with Crippen molar-refractivity contribution in [2.24, 2.45) is 5.92 Å². The highest BCUT2D eigenvalue weighted by molar-refractivity contribution is 5.97. The molecule has 2 N–H and O–H groups in total. The van der Waals surface area contributed by atoms with Crippen molar-refractivity contribution in [1.82, 2.24) is 10.2 Å². The number of methoxy groups -OCH3 is 2. The molecule has 3 aromatic rings. The van der Waals surface area contributed by atoms with E-state index in [0.29, 0.717) is 11.5 Å². The Labute approximate surface area is 233 Å². The van der Waals surface area contributed by atoms with Gasteiger partial charge in [-0.1, -0.05) is 61.5 Å². The third kappa shape index (κ3) is 5.28. The molecule has 2 heterocycles. The van der Waals surface area contributed by atoms with Gasteiger partial charge in [-0.25, -0.2) is 4.79 Å². The van der Waals surface area contributed by atoms with Crippen molar-refractivity contribution in [2.45, 2.75) is 37.4 Å². The van der Waals surface area contributed by atoms with E-state index in [2.05, 4.69) is 5.32 Å². The highest BCUT2D eigenvalue weighted by atomic mass is 16.6. The van der Waals surface area contributed by atoms with Crippen LogP contribution in [0.5, 0.6) is 11.5 Å². The Hall–Kier alpha value is -3.92. The molecule has 5 rings (SSSR count). The Bertz CT molecular complexity index is 1270. The van der Waals surface area contributed by atoms with Gasteiger partial charge >= 0.3 is 6.03 Å². The summed E-state index contributed by atoms with van der Waals surface area (Å²) in [4.78, 5) is 25.9. The van der Waals surface area contributed by atoms with Crippen molar-refractivity contribution in [3.63, 3.8) is 0 Å². The first-order valence-electron chi connectivity index (χ1n) is 13.3. The molecule has 0 aliphatic carbocycles. The van der Waals surface area contributed by atoms with E-state index in [1.54, 1.807) is 21.1 Å². The van der Waals surface area contributed by atoms with Gasteiger partial charge in [0.25, 0.3) is 0 Å². The first-order chi connectivity index (χ1) is 19.3. The Kier molecular flexibility index (Phi) is 8.07. The summed E-state index contributed by atoms with van der Waals surface area (Å²) in [6.45, 7) is 2.01. The summed E-state index contributed by atoms with van der Waals surface area (Å²) >= 11 is 0. The summed E-state index contributed by atoms with van der Waals surface area (Å²) in [7, 11) is 3.24. The molecule has 2 aliphatic rings. The van der Waals surface area contributed by atoms with E-state index in [1.165, 1.54) is 4.90 Å². The number of urea groups is 1. The summed E-state index contributed by atoms with van der Waals surface area (Å²) in [5.74, 6) is 0.742. The first kappa shape index (κ1) is 27.6. The first-order valence-corrected chi connectivity index (χ1v) is 13.3. The molecule has 0 spiro atoms. The lowest BCUT2D eigenvalue weighted by Gasteiger charge is -2.37. The van der Waals surface area contributed by atoms with E-state index < -0.39 is 30.1 Å². The van der Waals surface area contributed by atoms with Crippen molar-refractivity contribution >= 4 is 11.9 Å². The van der Waals surface area contributed by atoms with Crippen LogP contribution in [0.25, 0.3) is 0 Å². The van der Waals surface area contributed by atoms with Gasteiger partial charge in [0.2, 0.25) is 5.91 Å². The number of ether oxygens (including phenoxy) is 4. The van der Waals surface area contributed by atoms with Crippen LogP contribution in [-0.4, -0.2) is 67.8 Å². The third-order valence-electron chi connectivity index (χ3n) is 7.60. The Morgan fingerprint density at radius 1 is 0.900 bits per heavy atom. The number of aliphatic hydroxyl groups is 1. The second kappa shape index (κ2) is 11.7. The fourth-order valence-electron chi connectivity index (χ4n) is 5.35. The number of carbonyl (C=O) groups excluding carboxylic acids is 2. The smallest absolute Gasteiger partial charge is 0.326 e. The minimum absolute atomic E-state index is 0.0363. The van der Waals surface area contributed by atoms with Crippen LogP contribution in [-0.2, 0) is 19.9 Å². The van der Waals surface area contributed by atoms with Crippen LogP contribution in [0, 0.1) is 5.92 Å². The fourth-order valence-corrected chi connectivity index (χ4v) is 5.35. The van der Waals surface area contributed by atoms with Gasteiger partial charge in [-0.2, -0.15) is 0 Å². The number of carbonyl (C=O) groups is 2. The van der Waals surface area contributed by atoms with Gasteiger partial charge in [-0.3, -0.25) is 15.0 Å². The number of rotatable bonds is 9. The highest BCUT2D eigenvalue weighted by Crippen LogP contribution is 2.42. The zero-order valence-corrected chi connectivity index (χ0v) is 22.8. The van der Waals surface area contributed by atoms with Crippen LogP contribution in [0.2, 0.25) is 0 Å². The zero-order chi connectivity index (χ0) is 28.3. The van der Waals surface area contributed by atoms with E-state index in [0.717, 1.165) is 16.7 Å². The van der Waals surface area contributed by atoms with E-state index in [1.807, 2.05) is 78.9 Å². The third-order valence-corrected chi connectivity index (χ3v) is 7.60. The number of nitrogens with zero attached hydrogens (tertiary/aromatic N) is 1. The van der Waals surface area contributed by atoms with Gasteiger partial charge in [0.05, 0.1) is 32.8 Å². The van der Waals surface area contributed by atoms with Crippen molar-refractivity contribution in [3.8, 4) is 11.5 Å². The maximum absolute atomic E-state index is 12.5. The van der Waals surface area contributed by atoms with E-state index in [-0.39, 0.29) is 31.4 Å². The van der Waals surface area contributed by atoms with E-state index >= 15 is 0 Å². The summed E-state index contributed by atoms with van der Waals surface area (Å²) in [5, 5.41) is 13.3. The van der Waals surface area contributed by atoms with Gasteiger partial charge in [-0.05, 0) is 41.0 Å². The second-order valence-corrected chi connectivity index (χ2v) is 10.1. The van der Waals surface area contributed by atoms with Crippen LogP contribution < -0.4 is 14.8 Å². The standard InChI is InChI=1S/C31H34N2O7/c1-20-18-33(30(36)32-29(20)35)28-17-26(34)27(40-28)19-39-31(21-7-5-4-6-8-21,22-9-13-24(37-2)14-10-22)23-11-15-25(38-3)16-12-23/h4-16,20,26-28,34H,17-19H2,1-3H3,(H,32,35,36)/t20?,26?,27-,28-/m1/s1. The highest BCUT2D eigenvalue weighted by Gasteiger charge is 2.45.